The summed E-state index contributed by atoms with van der Waals surface area (Å²) < 4.78 is 10.5. The Morgan fingerprint density at radius 3 is 2.48 bits per heavy atom. The van der Waals surface area contributed by atoms with Gasteiger partial charge in [-0.1, -0.05) is 12.1 Å². The first-order chi connectivity index (χ1) is 14.6. The highest BCUT2D eigenvalue weighted by Crippen LogP contribution is 2.39. The fraction of sp³-hybridized carbons (Fsp3) is 0.273. The molecular weight excluding hydrogens is 402 g/mol. The SMILES string of the molecule is COc1ccc(C(NC(=O)OC(C)(C)C)c2cc([N+](=O)[O-])c3cccnc3c2O)cc1. The number of nitrogens with zero attached hydrogens (tertiary/aromatic N) is 2. The molecule has 0 bridgehead atoms. The van der Waals surface area contributed by atoms with Crippen molar-refractivity contribution < 1.29 is 24.3 Å². The second-order valence-corrected chi connectivity index (χ2v) is 7.84. The minimum Gasteiger partial charge on any atom is -0.505 e. The van der Waals surface area contributed by atoms with Gasteiger partial charge in [0.2, 0.25) is 0 Å². The summed E-state index contributed by atoms with van der Waals surface area (Å²) in [7, 11) is 1.52. The number of carbonyl (C=O) groups is 1. The number of nitrogens with one attached hydrogen (secondary N) is 1. The van der Waals surface area contributed by atoms with Crippen molar-refractivity contribution in [1.29, 1.82) is 0 Å². The summed E-state index contributed by atoms with van der Waals surface area (Å²) in [4.78, 5) is 27.8. The molecule has 0 saturated heterocycles. The average molecular weight is 425 g/mol. The van der Waals surface area contributed by atoms with Gasteiger partial charge in [-0.2, -0.15) is 0 Å². The molecule has 2 N–H and O–H groups in total. The highest BCUT2D eigenvalue weighted by Gasteiger charge is 2.28. The standard InChI is InChI=1S/C22H23N3O6/c1-22(2,3)31-21(27)24-18(13-7-9-14(30-4)10-8-13)16-12-17(25(28)29)15-6-5-11-23-19(15)20(16)26/h5-12,18,26H,1-4H3,(H,24,27). The molecule has 1 unspecified atom stereocenters. The van der Waals surface area contributed by atoms with Gasteiger partial charge in [-0.15, -0.1) is 0 Å². The minimum absolute atomic E-state index is 0.0659. The predicted molar refractivity (Wildman–Crippen MR) is 114 cm³/mol. The fourth-order valence-corrected chi connectivity index (χ4v) is 3.16. The monoisotopic (exact) mass is 425 g/mol. The van der Waals surface area contributed by atoms with E-state index in [1.54, 1.807) is 51.1 Å². The van der Waals surface area contributed by atoms with Gasteiger partial charge < -0.3 is 19.9 Å². The largest absolute Gasteiger partial charge is 0.505 e. The van der Waals surface area contributed by atoms with Crippen LogP contribution in [0, 0.1) is 10.1 Å². The molecule has 9 heteroatoms. The first-order valence-electron chi connectivity index (χ1n) is 9.49. The Morgan fingerprint density at radius 1 is 1.23 bits per heavy atom. The number of phenolic OH excluding ortho intramolecular Hbond substituents is 1. The van der Waals surface area contributed by atoms with Crippen LogP contribution in [0.1, 0.15) is 37.9 Å². The lowest BCUT2D eigenvalue weighted by atomic mass is 9.95. The number of amides is 1. The molecule has 31 heavy (non-hydrogen) atoms. The van der Waals surface area contributed by atoms with Crippen molar-refractivity contribution in [2.45, 2.75) is 32.4 Å². The maximum absolute atomic E-state index is 12.5. The first-order valence-corrected chi connectivity index (χ1v) is 9.49. The van der Waals surface area contributed by atoms with Crippen LogP contribution in [0.5, 0.6) is 11.5 Å². The van der Waals surface area contributed by atoms with Crippen LogP contribution in [0.2, 0.25) is 0 Å². The average Bonchev–Trinajstić information content (AvgIpc) is 2.71. The Kier molecular flexibility index (Phi) is 5.96. The van der Waals surface area contributed by atoms with E-state index in [1.165, 1.54) is 25.4 Å². The molecule has 0 saturated carbocycles. The van der Waals surface area contributed by atoms with Crippen molar-refractivity contribution >= 4 is 22.7 Å². The van der Waals surface area contributed by atoms with Crippen LogP contribution in [0.3, 0.4) is 0 Å². The molecule has 3 aromatic rings. The lowest BCUT2D eigenvalue weighted by Crippen LogP contribution is -2.35. The Hall–Kier alpha value is -3.88. The Balaban J connectivity index is 2.18. The van der Waals surface area contributed by atoms with E-state index in [-0.39, 0.29) is 27.9 Å². The van der Waals surface area contributed by atoms with Crippen LogP contribution < -0.4 is 10.1 Å². The lowest BCUT2D eigenvalue weighted by molar-refractivity contribution is -0.383. The lowest BCUT2D eigenvalue weighted by Gasteiger charge is -2.25. The van der Waals surface area contributed by atoms with E-state index in [1.807, 2.05) is 0 Å². The summed E-state index contributed by atoms with van der Waals surface area (Å²) in [6, 6.07) is 10.1. The number of alkyl carbamates (subject to hydrolysis) is 1. The molecular formula is C22H23N3O6. The Morgan fingerprint density at radius 2 is 1.90 bits per heavy atom. The third kappa shape index (κ3) is 4.82. The van der Waals surface area contributed by atoms with Crippen LogP contribution >= 0.6 is 0 Å². The molecule has 0 aliphatic heterocycles. The van der Waals surface area contributed by atoms with E-state index in [2.05, 4.69) is 10.3 Å². The van der Waals surface area contributed by atoms with Crippen LogP contribution in [-0.2, 0) is 4.74 Å². The van der Waals surface area contributed by atoms with Gasteiger partial charge in [0, 0.05) is 17.8 Å². The zero-order valence-electron chi connectivity index (χ0n) is 17.6. The van der Waals surface area contributed by atoms with Crippen LogP contribution in [0.25, 0.3) is 10.9 Å². The molecule has 1 heterocycles. The van der Waals surface area contributed by atoms with Gasteiger partial charge in [0.1, 0.15) is 22.6 Å². The van der Waals surface area contributed by atoms with Crippen molar-refractivity contribution in [3.05, 3.63) is 69.9 Å². The minimum atomic E-state index is -0.939. The number of methoxy groups -OCH3 is 1. The maximum Gasteiger partial charge on any atom is 0.408 e. The number of ether oxygens (including phenoxy) is 2. The van der Waals surface area contributed by atoms with E-state index in [0.717, 1.165) is 0 Å². The summed E-state index contributed by atoms with van der Waals surface area (Å²) in [6.45, 7) is 5.16. The number of rotatable bonds is 5. The van der Waals surface area contributed by atoms with E-state index >= 15 is 0 Å². The number of hydrogen-bond donors (Lipinski definition) is 2. The van der Waals surface area contributed by atoms with Gasteiger partial charge >= 0.3 is 6.09 Å². The summed E-state index contributed by atoms with van der Waals surface area (Å²) in [5, 5.41) is 25.5. The van der Waals surface area contributed by atoms with Gasteiger partial charge in [-0.05, 0) is 50.6 Å². The summed E-state index contributed by atoms with van der Waals surface area (Å²) in [5.41, 5.74) is -0.245. The van der Waals surface area contributed by atoms with Crippen molar-refractivity contribution in [2.24, 2.45) is 0 Å². The van der Waals surface area contributed by atoms with Gasteiger partial charge in [-0.3, -0.25) is 15.1 Å². The highest BCUT2D eigenvalue weighted by atomic mass is 16.6. The number of aromatic nitrogens is 1. The second-order valence-electron chi connectivity index (χ2n) is 7.84. The number of carbonyl (C=O) groups excluding carboxylic acids is 1. The predicted octanol–water partition coefficient (Wildman–Crippen LogP) is 4.47. The topological polar surface area (TPSA) is 124 Å². The van der Waals surface area contributed by atoms with Crippen molar-refractivity contribution in [3.63, 3.8) is 0 Å². The van der Waals surface area contributed by atoms with Crippen LogP contribution in [0.4, 0.5) is 10.5 Å². The number of nitro benzene ring substituents is 1. The van der Waals surface area contributed by atoms with E-state index in [9.17, 15) is 20.0 Å². The first kappa shape index (κ1) is 21.8. The van der Waals surface area contributed by atoms with Gasteiger partial charge in [0.15, 0.2) is 0 Å². The molecule has 162 valence electrons. The number of fused-ring (bicyclic) bond motifs is 1. The highest BCUT2D eigenvalue weighted by molar-refractivity contribution is 5.93. The fourth-order valence-electron chi connectivity index (χ4n) is 3.16. The Labute approximate surface area is 178 Å². The number of phenols is 1. The molecule has 2 aromatic carbocycles. The molecule has 9 nitrogen and oxygen atoms in total. The molecule has 0 aliphatic carbocycles. The molecule has 1 aromatic heterocycles. The second kappa shape index (κ2) is 8.47. The normalized spacial score (nSPS) is 12.3. The van der Waals surface area contributed by atoms with Crippen LogP contribution in [0.15, 0.2) is 48.7 Å². The third-order valence-corrected chi connectivity index (χ3v) is 4.49. The number of hydrogen-bond acceptors (Lipinski definition) is 7. The van der Waals surface area contributed by atoms with E-state index in [0.29, 0.717) is 11.3 Å². The van der Waals surface area contributed by atoms with E-state index in [4.69, 9.17) is 9.47 Å². The number of nitro groups is 1. The van der Waals surface area contributed by atoms with Gasteiger partial charge in [-0.25, -0.2) is 4.79 Å². The number of aromatic hydroxyl groups is 1. The molecule has 3 rings (SSSR count). The molecule has 1 amide bonds. The van der Waals surface area contributed by atoms with Crippen molar-refractivity contribution in [1.82, 2.24) is 10.3 Å². The molecule has 0 fully saturated rings. The molecule has 1 atom stereocenters. The zero-order valence-corrected chi connectivity index (χ0v) is 17.6. The Bertz CT molecular complexity index is 1120. The van der Waals surface area contributed by atoms with Crippen molar-refractivity contribution in [2.75, 3.05) is 7.11 Å². The summed E-state index contributed by atoms with van der Waals surface area (Å²) >= 11 is 0. The molecule has 0 aliphatic rings. The molecule has 0 spiro atoms. The van der Waals surface area contributed by atoms with Gasteiger partial charge in [0.25, 0.3) is 5.69 Å². The van der Waals surface area contributed by atoms with E-state index < -0.39 is 22.7 Å². The zero-order chi connectivity index (χ0) is 22.8. The number of non-ortho nitro benzene ring substituents is 1. The third-order valence-electron chi connectivity index (χ3n) is 4.49. The summed E-state index contributed by atoms with van der Waals surface area (Å²) in [6.07, 6.45) is 0.690. The summed E-state index contributed by atoms with van der Waals surface area (Å²) in [5.74, 6) is 0.327. The van der Waals surface area contributed by atoms with Crippen molar-refractivity contribution in [3.8, 4) is 11.5 Å². The maximum atomic E-state index is 12.5. The van der Waals surface area contributed by atoms with Crippen LogP contribution in [-0.4, -0.2) is 33.8 Å². The van der Waals surface area contributed by atoms with Gasteiger partial charge in [0.05, 0.1) is 23.5 Å². The molecule has 0 radical (unpaired) electrons. The number of pyridine rings is 1. The quantitative estimate of drug-likeness (QED) is 0.456. The smallest absolute Gasteiger partial charge is 0.408 e. The number of benzene rings is 2.